The van der Waals surface area contributed by atoms with Gasteiger partial charge in [0.05, 0.1) is 28.4 Å². The number of hydrogen-bond acceptors (Lipinski definition) is 4. The molecule has 0 unspecified atom stereocenters. The van der Waals surface area contributed by atoms with Crippen LogP contribution in [-0.2, 0) is 0 Å². The standard InChI is InChI=1S/C13H11Cl2N3O2/c1-20-7-2-3-9(14)11(4-7)18-13(19)8-5-12(16)17-6-10(8)15/h2-6H,1H3,(H2,16,17)(H,18,19). The van der Waals surface area contributed by atoms with E-state index in [0.29, 0.717) is 16.5 Å². The van der Waals surface area contributed by atoms with Crippen LogP contribution >= 0.6 is 23.2 Å². The van der Waals surface area contributed by atoms with Crippen LogP contribution < -0.4 is 15.8 Å². The third-order valence-corrected chi connectivity index (χ3v) is 3.17. The van der Waals surface area contributed by atoms with Crippen molar-refractivity contribution >= 4 is 40.6 Å². The van der Waals surface area contributed by atoms with E-state index in [1.54, 1.807) is 18.2 Å². The van der Waals surface area contributed by atoms with Gasteiger partial charge in [-0.15, -0.1) is 0 Å². The van der Waals surface area contributed by atoms with E-state index in [1.807, 2.05) is 0 Å². The number of amides is 1. The number of anilines is 2. The zero-order chi connectivity index (χ0) is 14.7. The maximum absolute atomic E-state index is 12.2. The number of hydrogen-bond donors (Lipinski definition) is 2. The van der Waals surface area contributed by atoms with Crippen molar-refractivity contribution in [3.05, 3.63) is 46.1 Å². The summed E-state index contributed by atoms with van der Waals surface area (Å²) in [4.78, 5) is 16.0. The second kappa shape index (κ2) is 5.98. The maximum Gasteiger partial charge on any atom is 0.257 e. The molecule has 0 spiro atoms. The maximum atomic E-state index is 12.2. The van der Waals surface area contributed by atoms with Crippen molar-refractivity contribution in [3.8, 4) is 5.75 Å². The first-order valence-corrected chi connectivity index (χ1v) is 6.32. The first kappa shape index (κ1) is 14.4. The van der Waals surface area contributed by atoms with Crippen LogP contribution in [0.4, 0.5) is 11.5 Å². The molecule has 2 aromatic rings. The minimum Gasteiger partial charge on any atom is -0.497 e. The highest BCUT2D eigenvalue weighted by atomic mass is 35.5. The molecule has 104 valence electrons. The van der Waals surface area contributed by atoms with Crippen molar-refractivity contribution in [3.63, 3.8) is 0 Å². The number of pyridine rings is 1. The smallest absolute Gasteiger partial charge is 0.257 e. The van der Waals surface area contributed by atoms with Gasteiger partial charge < -0.3 is 15.8 Å². The van der Waals surface area contributed by atoms with Gasteiger partial charge in [-0.3, -0.25) is 4.79 Å². The lowest BCUT2D eigenvalue weighted by Gasteiger charge is -2.10. The summed E-state index contributed by atoms with van der Waals surface area (Å²) in [7, 11) is 1.52. The van der Waals surface area contributed by atoms with Crippen LogP contribution in [0.15, 0.2) is 30.5 Å². The molecular formula is C13H11Cl2N3O2. The molecule has 5 nitrogen and oxygen atoms in total. The molecule has 3 N–H and O–H groups in total. The Morgan fingerprint density at radius 1 is 1.30 bits per heavy atom. The molecule has 0 fully saturated rings. The number of nitrogens with zero attached hydrogens (tertiary/aromatic N) is 1. The highest BCUT2D eigenvalue weighted by Gasteiger charge is 2.13. The zero-order valence-electron chi connectivity index (χ0n) is 10.5. The van der Waals surface area contributed by atoms with Crippen molar-refractivity contribution in [1.82, 2.24) is 4.98 Å². The summed E-state index contributed by atoms with van der Waals surface area (Å²) >= 11 is 11.9. The SMILES string of the molecule is COc1ccc(Cl)c(NC(=O)c2cc(N)ncc2Cl)c1. The van der Waals surface area contributed by atoms with E-state index in [4.69, 9.17) is 33.7 Å². The minimum absolute atomic E-state index is 0.204. The summed E-state index contributed by atoms with van der Waals surface area (Å²) in [5.74, 6) is 0.348. The van der Waals surface area contributed by atoms with Gasteiger partial charge in [-0.2, -0.15) is 0 Å². The van der Waals surface area contributed by atoms with Gasteiger partial charge in [0, 0.05) is 12.3 Å². The average Bonchev–Trinajstić information content (AvgIpc) is 2.43. The van der Waals surface area contributed by atoms with Gasteiger partial charge in [-0.05, 0) is 18.2 Å². The lowest BCUT2D eigenvalue weighted by Crippen LogP contribution is -2.13. The Labute approximate surface area is 125 Å². The van der Waals surface area contributed by atoms with E-state index >= 15 is 0 Å². The summed E-state index contributed by atoms with van der Waals surface area (Å²) in [5, 5.41) is 3.24. The van der Waals surface area contributed by atoms with E-state index in [0.717, 1.165) is 0 Å². The third-order valence-electron chi connectivity index (χ3n) is 2.54. The predicted octanol–water partition coefficient (Wildman–Crippen LogP) is 3.23. The number of rotatable bonds is 3. The highest BCUT2D eigenvalue weighted by molar-refractivity contribution is 6.36. The van der Waals surface area contributed by atoms with Gasteiger partial charge >= 0.3 is 0 Å². The van der Waals surface area contributed by atoms with Crippen molar-refractivity contribution < 1.29 is 9.53 Å². The van der Waals surface area contributed by atoms with Gasteiger partial charge in [-0.25, -0.2) is 4.98 Å². The molecule has 2 rings (SSSR count). The van der Waals surface area contributed by atoms with Crippen molar-refractivity contribution in [1.29, 1.82) is 0 Å². The molecule has 7 heteroatoms. The van der Waals surface area contributed by atoms with Crippen LogP contribution in [0.25, 0.3) is 0 Å². The third kappa shape index (κ3) is 3.12. The summed E-state index contributed by atoms with van der Waals surface area (Å²) in [6.45, 7) is 0. The molecule has 1 aromatic carbocycles. The quantitative estimate of drug-likeness (QED) is 0.912. The lowest BCUT2D eigenvalue weighted by molar-refractivity contribution is 0.102. The molecular weight excluding hydrogens is 301 g/mol. The van der Waals surface area contributed by atoms with Crippen molar-refractivity contribution in [2.24, 2.45) is 0 Å². The molecule has 0 aliphatic heterocycles. The molecule has 0 bridgehead atoms. The fraction of sp³-hybridized carbons (Fsp3) is 0.0769. The first-order chi connectivity index (χ1) is 9.51. The van der Waals surface area contributed by atoms with Crippen LogP contribution in [-0.4, -0.2) is 18.0 Å². The van der Waals surface area contributed by atoms with Crippen LogP contribution in [0.2, 0.25) is 10.0 Å². The van der Waals surface area contributed by atoms with Crippen LogP contribution in [0, 0.1) is 0 Å². The number of carbonyl (C=O) groups is 1. The molecule has 20 heavy (non-hydrogen) atoms. The Morgan fingerprint density at radius 2 is 2.05 bits per heavy atom. The number of nitrogens with one attached hydrogen (secondary N) is 1. The van der Waals surface area contributed by atoms with E-state index in [-0.39, 0.29) is 16.4 Å². The minimum atomic E-state index is -0.431. The molecule has 0 saturated carbocycles. The van der Waals surface area contributed by atoms with Gasteiger partial charge in [-0.1, -0.05) is 23.2 Å². The number of aromatic nitrogens is 1. The van der Waals surface area contributed by atoms with Crippen LogP contribution in [0.3, 0.4) is 0 Å². The number of carbonyl (C=O) groups excluding carboxylic acids is 1. The van der Waals surface area contributed by atoms with E-state index in [9.17, 15) is 4.79 Å². The van der Waals surface area contributed by atoms with Gasteiger partial charge in [0.2, 0.25) is 0 Å². The summed E-state index contributed by atoms with van der Waals surface area (Å²) in [5.41, 5.74) is 6.18. The Hall–Kier alpha value is -1.98. The zero-order valence-corrected chi connectivity index (χ0v) is 12.0. The molecule has 0 radical (unpaired) electrons. The summed E-state index contributed by atoms with van der Waals surface area (Å²) in [6.07, 6.45) is 1.32. The first-order valence-electron chi connectivity index (χ1n) is 5.57. The van der Waals surface area contributed by atoms with Crippen molar-refractivity contribution in [2.45, 2.75) is 0 Å². The van der Waals surface area contributed by atoms with Gasteiger partial charge in [0.1, 0.15) is 11.6 Å². The number of nitrogens with two attached hydrogens (primary N) is 1. The average molecular weight is 312 g/mol. The number of ether oxygens (including phenoxy) is 1. The molecule has 0 saturated heterocycles. The van der Waals surface area contributed by atoms with Crippen LogP contribution in [0.1, 0.15) is 10.4 Å². The Bertz CT molecular complexity index is 662. The highest BCUT2D eigenvalue weighted by Crippen LogP contribution is 2.28. The van der Waals surface area contributed by atoms with Gasteiger partial charge in [0.25, 0.3) is 5.91 Å². The number of methoxy groups -OCH3 is 1. The summed E-state index contributed by atoms with van der Waals surface area (Å²) in [6, 6.07) is 6.32. The fourth-order valence-corrected chi connectivity index (χ4v) is 1.90. The van der Waals surface area contributed by atoms with E-state index in [2.05, 4.69) is 10.3 Å². The molecule has 1 heterocycles. The number of nitrogen functional groups attached to an aromatic ring is 1. The fourth-order valence-electron chi connectivity index (χ4n) is 1.55. The largest absolute Gasteiger partial charge is 0.497 e. The van der Waals surface area contributed by atoms with E-state index in [1.165, 1.54) is 19.4 Å². The molecule has 0 aliphatic rings. The van der Waals surface area contributed by atoms with Gasteiger partial charge in [0.15, 0.2) is 0 Å². The van der Waals surface area contributed by atoms with E-state index < -0.39 is 5.91 Å². The number of benzene rings is 1. The Kier molecular flexibility index (Phi) is 4.32. The normalized spacial score (nSPS) is 10.2. The Morgan fingerprint density at radius 3 is 2.75 bits per heavy atom. The molecule has 0 atom stereocenters. The molecule has 1 amide bonds. The second-order valence-corrected chi connectivity index (χ2v) is 4.70. The monoisotopic (exact) mass is 311 g/mol. The topological polar surface area (TPSA) is 77.2 Å². The second-order valence-electron chi connectivity index (χ2n) is 3.89. The predicted molar refractivity (Wildman–Crippen MR) is 79.6 cm³/mol. The molecule has 1 aromatic heterocycles. The molecule has 0 aliphatic carbocycles. The Balaban J connectivity index is 2.30. The summed E-state index contributed by atoms with van der Waals surface area (Å²) < 4.78 is 5.07. The lowest BCUT2D eigenvalue weighted by atomic mass is 10.2. The van der Waals surface area contributed by atoms with Crippen molar-refractivity contribution in [2.75, 3.05) is 18.2 Å². The van der Waals surface area contributed by atoms with Crippen LogP contribution in [0.5, 0.6) is 5.75 Å². The number of halogens is 2.